The molecular formula is C30H44N2O2. The van der Waals surface area contributed by atoms with E-state index in [1.807, 2.05) is 12.1 Å². The average Bonchev–Trinajstić information content (AvgIpc) is 3.48. The summed E-state index contributed by atoms with van der Waals surface area (Å²) in [6.45, 7) is 10.7. The zero-order valence-electron chi connectivity index (χ0n) is 21.2. The molecule has 5 rings (SSSR count). The van der Waals surface area contributed by atoms with Crippen LogP contribution in [0.25, 0.3) is 0 Å². The van der Waals surface area contributed by atoms with Crippen molar-refractivity contribution in [3.05, 3.63) is 46.9 Å². The lowest BCUT2D eigenvalue weighted by Crippen LogP contribution is -2.54. The average molecular weight is 465 g/mol. The minimum Gasteiger partial charge on any atom is -0.393 e. The van der Waals surface area contributed by atoms with Crippen LogP contribution in [0, 0.1) is 27.6 Å². The lowest BCUT2D eigenvalue weighted by molar-refractivity contribution is -0.0812. The van der Waals surface area contributed by atoms with Crippen molar-refractivity contribution >= 4 is 5.69 Å². The van der Waals surface area contributed by atoms with Gasteiger partial charge in [-0.2, -0.15) is 0 Å². The van der Waals surface area contributed by atoms with Crippen LogP contribution in [0.1, 0.15) is 94.6 Å². The van der Waals surface area contributed by atoms with Gasteiger partial charge in [-0.3, -0.25) is 0 Å². The third-order valence-electron chi connectivity index (χ3n) is 10.5. The number of rotatable bonds is 9. The van der Waals surface area contributed by atoms with Crippen molar-refractivity contribution in [2.24, 2.45) is 27.8 Å². The molecule has 4 nitrogen and oxygen atoms in total. The molecule has 0 radical (unpaired) electrons. The van der Waals surface area contributed by atoms with Crippen molar-refractivity contribution in [3.8, 4) is 0 Å². The van der Waals surface area contributed by atoms with Crippen LogP contribution in [0.3, 0.4) is 0 Å². The van der Waals surface area contributed by atoms with E-state index in [1.54, 1.807) is 0 Å². The molecule has 2 saturated carbocycles. The number of aliphatic hydroxyl groups is 1. The number of nitroso groups, excluding NO2 is 1. The lowest BCUT2D eigenvalue weighted by atomic mass is 9.44. The van der Waals surface area contributed by atoms with Gasteiger partial charge in [-0.1, -0.05) is 38.3 Å². The first kappa shape index (κ1) is 24.2. The van der Waals surface area contributed by atoms with Gasteiger partial charge in [0.2, 0.25) is 0 Å². The molecule has 4 heteroatoms. The third-order valence-corrected chi connectivity index (χ3v) is 10.5. The van der Waals surface area contributed by atoms with E-state index in [4.69, 9.17) is 0 Å². The van der Waals surface area contributed by atoms with Crippen molar-refractivity contribution in [3.63, 3.8) is 0 Å². The smallest absolute Gasteiger partial charge is 0.108 e. The first-order chi connectivity index (χ1) is 16.5. The molecule has 1 aromatic rings. The van der Waals surface area contributed by atoms with Gasteiger partial charge in [0, 0.05) is 0 Å². The van der Waals surface area contributed by atoms with Crippen molar-refractivity contribution in [2.75, 3.05) is 19.6 Å². The van der Waals surface area contributed by atoms with E-state index in [9.17, 15) is 10.0 Å². The molecule has 3 fully saturated rings. The van der Waals surface area contributed by atoms with Gasteiger partial charge < -0.3 is 10.0 Å². The summed E-state index contributed by atoms with van der Waals surface area (Å²) in [7, 11) is 0. The molecule has 6 unspecified atom stereocenters. The van der Waals surface area contributed by atoms with Crippen LogP contribution in [0.4, 0.5) is 5.69 Å². The Morgan fingerprint density at radius 2 is 1.97 bits per heavy atom. The summed E-state index contributed by atoms with van der Waals surface area (Å²) in [5.41, 5.74) is 3.34. The number of benzene rings is 1. The van der Waals surface area contributed by atoms with Crippen LogP contribution < -0.4 is 0 Å². The quantitative estimate of drug-likeness (QED) is 0.240. The number of hydrogen-bond donors (Lipinski definition) is 1. The molecule has 3 aliphatic carbocycles. The van der Waals surface area contributed by atoms with Gasteiger partial charge >= 0.3 is 0 Å². The summed E-state index contributed by atoms with van der Waals surface area (Å²) in [4.78, 5) is 13.8. The van der Waals surface area contributed by atoms with Gasteiger partial charge in [0.1, 0.15) is 5.69 Å². The van der Waals surface area contributed by atoms with E-state index >= 15 is 0 Å². The number of aryl methyl sites for hydroxylation is 1. The maximum absolute atomic E-state index is 11.2. The Kier molecular flexibility index (Phi) is 7.01. The minimum absolute atomic E-state index is 0.00704. The fourth-order valence-electron chi connectivity index (χ4n) is 8.85. The first-order valence-electron chi connectivity index (χ1n) is 14.0. The summed E-state index contributed by atoms with van der Waals surface area (Å²) in [5, 5.41) is 14.3. The predicted octanol–water partition coefficient (Wildman–Crippen LogP) is 7.13. The molecule has 0 spiro atoms. The van der Waals surface area contributed by atoms with Gasteiger partial charge in [0.25, 0.3) is 0 Å². The van der Waals surface area contributed by atoms with E-state index in [2.05, 4.69) is 35.7 Å². The zero-order chi connectivity index (χ0) is 23.8. The van der Waals surface area contributed by atoms with E-state index in [0.29, 0.717) is 23.4 Å². The molecule has 1 aromatic carbocycles. The second-order valence-corrected chi connectivity index (χ2v) is 12.1. The standard InChI is InChI=1S/C30H44N2O2/c1-3-30-16-15-22-20-24(31-34)11-12-25(22)28(30)23(21-29(2)26(30)13-14-27(29)33)10-6-4-5-7-17-32-18-8-9-19-32/h3,11-12,20,23,26-28,33H,1,4-10,13-19,21H2,2H3. The monoisotopic (exact) mass is 464 g/mol. The maximum atomic E-state index is 11.2. The molecule has 34 heavy (non-hydrogen) atoms. The highest BCUT2D eigenvalue weighted by Crippen LogP contribution is 2.69. The molecule has 0 bridgehead atoms. The molecule has 4 aliphatic rings. The van der Waals surface area contributed by atoms with Crippen LogP contribution in [0.5, 0.6) is 0 Å². The molecule has 1 N–H and O–H groups in total. The lowest BCUT2D eigenvalue weighted by Gasteiger charge is -2.60. The number of allylic oxidation sites excluding steroid dienone is 1. The number of hydrogen-bond acceptors (Lipinski definition) is 4. The summed E-state index contributed by atoms with van der Waals surface area (Å²) < 4.78 is 0. The van der Waals surface area contributed by atoms with Crippen LogP contribution in [-0.2, 0) is 6.42 Å². The molecule has 186 valence electrons. The second kappa shape index (κ2) is 9.85. The van der Waals surface area contributed by atoms with E-state index in [1.165, 1.54) is 75.7 Å². The Bertz CT molecular complexity index is 894. The van der Waals surface area contributed by atoms with Crippen molar-refractivity contribution < 1.29 is 5.11 Å². The molecule has 6 atom stereocenters. The van der Waals surface area contributed by atoms with E-state index < -0.39 is 0 Å². The fraction of sp³-hybridized carbons (Fsp3) is 0.733. The van der Waals surface area contributed by atoms with Gasteiger partial charge in [-0.15, -0.1) is 11.5 Å². The number of likely N-dealkylation sites (tertiary alicyclic amines) is 1. The Morgan fingerprint density at radius 3 is 2.74 bits per heavy atom. The van der Waals surface area contributed by atoms with E-state index in [0.717, 1.165) is 32.1 Å². The fourth-order valence-corrected chi connectivity index (χ4v) is 8.85. The van der Waals surface area contributed by atoms with Crippen LogP contribution in [0.2, 0.25) is 0 Å². The second-order valence-electron chi connectivity index (χ2n) is 12.1. The normalized spacial score (nSPS) is 37.1. The Hall–Kier alpha value is -1.52. The van der Waals surface area contributed by atoms with Gasteiger partial charge in [-0.25, -0.2) is 0 Å². The highest BCUT2D eigenvalue weighted by molar-refractivity contribution is 5.49. The Balaban J connectivity index is 1.35. The summed E-state index contributed by atoms with van der Waals surface area (Å²) >= 11 is 0. The number of unbranched alkanes of at least 4 members (excludes halogenated alkanes) is 3. The number of nitrogens with zero attached hydrogens (tertiary/aromatic N) is 2. The molecule has 0 aromatic heterocycles. The third kappa shape index (κ3) is 4.09. The molecule has 1 aliphatic heterocycles. The highest BCUT2D eigenvalue weighted by Gasteiger charge is 2.63. The molecular weight excluding hydrogens is 420 g/mol. The van der Waals surface area contributed by atoms with Crippen molar-refractivity contribution in [2.45, 2.75) is 96.0 Å². The van der Waals surface area contributed by atoms with Gasteiger partial charge in [0.05, 0.1) is 6.10 Å². The number of fused-ring (bicyclic) bond motifs is 5. The largest absolute Gasteiger partial charge is 0.393 e. The molecule has 1 saturated heterocycles. The van der Waals surface area contributed by atoms with Crippen molar-refractivity contribution in [1.29, 1.82) is 0 Å². The summed E-state index contributed by atoms with van der Waals surface area (Å²) in [5.74, 6) is 1.49. The topological polar surface area (TPSA) is 52.9 Å². The minimum atomic E-state index is -0.193. The van der Waals surface area contributed by atoms with E-state index in [-0.39, 0.29) is 16.9 Å². The van der Waals surface area contributed by atoms with Crippen molar-refractivity contribution in [1.82, 2.24) is 4.90 Å². The Morgan fingerprint density at radius 1 is 1.18 bits per heavy atom. The highest BCUT2D eigenvalue weighted by atomic mass is 16.3. The first-order valence-corrected chi connectivity index (χ1v) is 14.0. The van der Waals surface area contributed by atoms with Crippen LogP contribution in [0.15, 0.2) is 36.0 Å². The summed E-state index contributed by atoms with van der Waals surface area (Å²) in [6.07, 6.45) is 16.5. The predicted molar refractivity (Wildman–Crippen MR) is 139 cm³/mol. The molecule has 0 amide bonds. The molecule has 1 heterocycles. The maximum Gasteiger partial charge on any atom is 0.108 e. The number of aliphatic hydroxyl groups excluding tert-OH is 1. The van der Waals surface area contributed by atoms with Crippen LogP contribution >= 0.6 is 0 Å². The summed E-state index contributed by atoms with van der Waals surface area (Å²) in [6, 6.07) is 6.14. The van der Waals surface area contributed by atoms with Crippen LogP contribution in [-0.4, -0.2) is 35.7 Å². The Labute approximate surface area is 206 Å². The zero-order valence-corrected chi connectivity index (χ0v) is 21.2. The van der Waals surface area contributed by atoms with Gasteiger partial charge in [-0.05, 0) is 134 Å². The van der Waals surface area contributed by atoms with Gasteiger partial charge in [0.15, 0.2) is 0 Å². The SMILES string of the molecule is C=CC12CCc3cc(N=O)ccc3C1C(CCCCCCN1CCCC1)CC1(C)C(O)CCC12.